The molecule has 0 N–H and O–H groups in total. The van der Waals surface area contributed by atoms with Gasteiger partial charge in [0.1, 0.15) is 18.1 Å². The van der Waals surface area contributed by atoms with Crippen molar-refractivity contribution in [3.8, 4) is 17.3 Å². The predicted octanol–water partition coefficient (Wildman–Crippen LogP) is 2.81. The van der Waals surface area contributed by atoms with E-state index < -0.39 is 5.82 Å². The SMILES string of the molecule is N#Cc1ncnc(-c2ccc(Cl)cc2)c1F. The largest absolute Gasteiger partial charge is 0.233 e. The molecule has 1 heterocycles. The first-order chi connectivity index (χ1) is 7.72. The van der Waals surface area contributed by atoms with Gasteiger partial charge in [-0.3, -0.25) is 0 Å². The third-order valence-corrected chi connectivity index (χ3v) is 2.27. The highest BCUT2D eigenvalue weighted by Gasteiger charge is 2.11. The fraction of sp³-hybridized carbons (Fsp3) is 0. The van der Waals surface area contributed by atoms with Crippen LogP contribution in [-0.4, -0.2) is 9.97 Å². The van der Waals surface area contributed by atoms with Crippen molar-refractivity contribution in [3.05, 3.63) is 47.1 Å². The van der Waals surface area contributed by atoms with Crippen LogP contribution in [0, 0.1) is 17.1 Å². The van der Waals surface area contributed by atoms with E-state index in [1.54, 1.807) is 30.3 Å². The van der Waals surface area contributed by atoms with Crippen molar-refractivity contribution in [2.24, 2.45) is 0 Å². The maximum absolute atomic E-state index is 13.7. The van der Waals surface area contributed by atoms with Crippen molar-refractivity contribution in [1.82, 2.24) is 9.97 Å². The zero-order valence-corrected chi connectivity index (χ0v) is 8.74. The summed E-state index contributed by atoms with van der Waals surface area (Å²) >= 11 is 5.72. The highest BCUT2D eigenvalue weighted by Crippen LogP contribution is 2.22. The molecule has 0 saturated heterocycles. The molecule has 0 atom stereocenters. The van der Waals surface area contributed by atoms with Crippen LogP contribution in [0.2, 0.25) is 5.02 Å². The van der Waals surface area contributed by atoms with Crippen LogP contribution in [0.1, 0.15) is 5.69 Å². The molecule has 0 aliphatic heterocycles. The van der Waals surface area contributed by atoms with Crippen molar-refractivity contribution < 1.29 is 4.39 Å². The van der Waals surface area contributed by atoms with E-state index in [-0.39, 0.29) is 11.4 Å². The van der Waals surface area contributed by atoms with E-state index >= 15 is 0 Å². The molecule has 3 nitrogen and oxygen atoms in total. The van der Waals surface area contributed by atoms with E-state index in [0.29, 0.717) is 10.6 Å². The summed E-state index contributed by atoms with van der Waals surface area (Å²) in [6, 6.07) is 8.19. The van der Waals surface area contributed by atoms with E-state index in [1.165, 1.54) is 0 Å². The summed E-state index contributed by atoms with van der Waals surface area (Å²) in [5.41, 5.74) is 0.393. The Balaban J connectivity index is 2.57. The van der Waals surface area contributed by atoms with Crippen molar-refractivity contribution in [2.45, 2.75) is 0 Å². The lowest BCUT2D eigenvalue weighted by atomic mass is 10.1. The maximum atomic E-state index is 13.7. The average molecular weight is 234 g/mol. The molecule has 0 spiro atoms. The summed E-state index contributed by atoms with van der Waals surface area (Å²) in [6.07, 6.45) is 1.16. The molecule has 0 bridgehead atoms. The number of aromatic nitrogens is 2. The van der Waals surface area contributed by atoms with E-state index in [4.69, 9.17) is 16.9 Å². The second kappa shape index (κ2) is 4.25. The molecule has 0 unspecified atom stereocenters. The molecule has 78 valence electrons. The number of hydrogen-bond donors (Lipinski definition) is 0. The third kappa shape index (κ3) is 1.86. The molecule has 1 aromatic carbocycles. The van der Waals surface area contributed by atoms with Gasteiger partial charge in [-0.1, -0.05) is 23.7 Å². The quantitative estimate of drug-likeness (QED) is 0.761. The van der Waals surface area contributed by atoms with Gasteiger partial charge in [0.2, 0.25) is 0 Å². The molecule has 0 saturated carbocycles. The average Bonchev–Trinajstić information content (AvgIpc) is 2.31. The lowest BCUT2D eigenvalue weighted by Crippen LogP contribution is -1.96. The molecule has 1 aromatic heterocycles. The Kier molecular flexibility index (Phi) is 2.80. The van der Waals surface area contributed by atoms with E-state index in [1.807, 2.05) is 0 Å². The van der Waals surface area contributed by atoms with Crippen molar-refractivity contribution in [3.63, 3.8) is 0 Å². The first-order valence-electron chi connectivity index (χ1n) is 4.39. The molecule has 16 heavy (non-hydrogen) atoms. The Morgan fingerprint density at radius 2 is 1.88 bits per heavy atom. The van der Waals surface area contributed by atoms with Crippen LogP contribution in [0.25, 0.3) is 11.3 Å². The zero-order chi connectivity index (χ0) is 11.5. The Morgan fingerprint density at radius 3 is 2.50 bits per heavy atom. The molecule has 0 aliphatic carbocycles. The summed E-state index contributed by atoms with van der Waals surface area (Å²) in [6.45, 7) is 0. The second-order valence-corrected chi connectivity index (χ2v) is 3.44. The van der Waals surface area contributed by atoms with E-state index in [9.17, 15) is 4.39 Å². The molecule has 2 aromatic rings. The van der Waals surface area contributed by atoms with Crippen molar-refractivity contribution >= 4 is 11.6 Å². The predicted molar refractivity (Wildman–Crippen MR) is 57.2 cm³/mol. The van der Waals surface area contributed by atoms with E-state index in [0.717, 1.165) is 6.33 Å². The van der Waals surface area contributed by atoms with Gasteiger partial charge in [-0.25, -0.2) is 14.4 Å². The van der Waals surface area contributed by atoms with Crippen LogP contribution in [0.5, 0.6) is 0 Å². The van der Waals surface area contributed by atoms with Gasteiger partial charge in [-0.2, -0.15) is 5.26 Å². The van der Waals surface area contributed by atoms with Crippen LogP contribution in [0.3, 0.4) is 0 Å². The molecular formula is C11H5ClFN3. The standard InChI is InChI=1S/C11H5ClFN3/c12-8-3-1-7(2-4-8)11-10(13)9(5-14)15-6-16-11/h1-4,6H. The number of benzene rings is 1. The van der Waals surface area contributed by atoms with Crippen LogP contribution in [0.15, 0.2) is 30.6 Å². The monoisotopic (exact) mass is 233 g/mol. The minimum absolute atomic E-state index is 0.100. The fourth-order valence-corrected chi connectivity index (χ4v) is 1.38. The van der Waals surface area contributed by atoms with Gasteiger partial charge in [0.15, 0.2) is 11.5 Å². The Hall–Kier alpha value is -1.99. The Bertz CT molecular complexity index is 560. The first-order valence-corrected chi connectivity index (χ1v) is 4.76. The molecule has 2 rings (SSSR count). The molecule has 0 amide bonds. The molecule has 5 heteroatoms. The lowest BCUT2D eigenvalue weighted by molar-refractivity contribution is 0.613. The maximum Gasteiger partial charge on any atom is 0.185 e. The summed E-state index contributed by atoms with van der Waals surface area (Å²) in [7, 11) is 0. The van der Waals surface area contributed by atoms with E-state index in [2.05, 4.69) is 9.97 Å². The molecule has 0 radical (unpaired) electrons. The summed E-state index contributed by atoms with van der Waals surface area (Å²) < 4.78 is 13.7. The van der Waals surface area contributed by atoms with Crippen molar-refractivity contribution in [1.29, 1.82) is 5.26 Å². The molecular weight excluding hydrogens is 229 g/mol. The minimum Gasteiger partial charge on any atom is -0.233 e. The number of nitrogens with zero attached hydrogens (tertiary/aromatic N) is 3. The van der Waals surface area contributed by atoms with Crippen LogP contribution >= 0.6 is 11.6 Å². The summed E-state index contributed by atoms with van der Waals surface area (Å²) in [5, 5.41) is 9.19. The summed E-state index contributed by atoms with van der Waals surface area (Å²) in [5.74, 6) is -0.715. The highest BCUT2D eigenvalue weighted by atomic mass is 35.5. The minimum atomic E-state index is -0.715. The number of hydrogen-bond acceptors (Lipinski definition) is 3. The van der Waals surface area contributed by atoms with Gasteiger partial charge < -0.3 is 0 Å². The number of nitriles is 1. The topological polar surface area (TPSA) is 49.6 Å². The van der Waals surface area contributed by atoms with Gasteiger partial charge in [0.25, 0.3) is 0 Å². The Morgan fingerprint density at radius 1 is 1.19 bits per heavy atom. The normalized spacial score (nSPS) is 9.81. The first kappa shape index (κ1) is 10.5. The zero-order valence-electron chi connectivity index (χ0n) is 7.98. The second-order valence-electron chi connectivity index (χ2n) is 3.00. The fourth-order valence-electron chi connectivity index (χ4n) is 1.26. The highest BCUT2D eigenvalue weighted by molar-refractivity contribution is 6.30. The third-order valence-electron chi connectivity index (χ3n) is 2.01. The van der Waals surface area contributed by atoms with Gasteiger partial charge in [-0.15, -0.1) is 0 Å². The van der Waals surface area contributed by atoms with Gasteiger partial charge in [0, 0.05) is 10.6 Å². The van der Waals surface area contributed by atoms with Gasteiger partial charge in [-0.05, 0) is 12.1 Å². The number of halogens is 2. The van der Waals surface area contributed by atoms with Crippen molar-refractivity contribution in [2.75, 3.05) is 0 Å². The lowest BCUT2D eigenvalue weighted by Gasteiger charge is -2.02. The van der Waals surface area contributed by atoms with Crippen LogP contribution < -0.4 is 0 Å². The molecule has 0 aliphatic rings. The van der Waals surface area contributed by atoms with Gasteiger partial charge >= 0.3 is 0 Å². The number of rotatable bonds is 1. The Labute approximate surface area is 96.2 Å². The van der Waals surface area contributed by atoms with Gasteiger partial charge in [0.05, 0.1) is 0 Å². The molecule has 0 fully saturated rings. The smallest absolute Gasteiger partial charge is 0.185 e. The summed E-state index contributed by atoms with van der Waals surface area (Å²) in [4.78, 5) is 7.33. The van der Waals surface area contributed by atoms with Crippen LogP contribution in [-0.2, 0) is 0 Å². The van der Waals surface area contributed by atoms with Crippen LogP contribution in [0.4, 0.5) is 4.39 Å².